The number of nitrogens with one attached hydrogen (secondary N) is 1. The third-order valence-corrected chi connectivity index (χ3v) is 6.64. The van der Waals surface area contributed by atoms with Crippen molar-refractivity contribution in [2.75, 3.05) is 0 Å². The highest BCUT2D eigenvalue weighted by Gasteiger charge is 2.70. The van der Waals surface area contributed by atoms with Crippen LogP contribution in [0.1, 0.15) is 55.3 Å². The predicted octanol–water partition coefficient (Wildman–Crippen LogP) is 3.11. The Labute approximate surface area is 142 Å². The normalized spacial score (nSPS) is 37.0. The quantitative estimate of drug-likeness (QED) is 0.909. The van der Waals surface area contributed by atoms with Crippen molar-refractivity contribution in [2.45, 2.75) is 56.6 Å². The molecule has 126 valence electrons. The second-order valence-corrected chi connectivity index (χ2v) is 8.01. The first-order valence-electron chi connectivity index (χ1n) is 9.30. The van der Waals surface area contributed by atoms with E-state index in [-0.39, 0.29) is 23.5 Å². The number of carbonyl (C=O) groups excluding carboxylic acids is 2. The van der Waals surface area contributed by atoms with Gasteiger partial charge in [0.1, 0.15) is 11.4 Å². The summed E-state index contributed by atoms with van der Waals surface area (Å²) in [6, 6.07) is 7.88. The Balaban J connectivity index is 1.35. The Hall–Kier alpha value is -1.84. The fourth-order valence-corrected chi connectivity index (χ4v) is 5.49. The topological polar surface area (TPSA) is 55.4 Å². The molecule has 4 atom stereocenters. The monoisotopic (exact) mass is 325 g/mol. The van der Waals surface area contributed by atoms with E-state index in [1.807, 2.05) is 24.3 Å². The third-order valence-electron chi connectivity index (χ3n) is 6.64. The third kappa shape index (κ3) is 2.04. The molecule has 0 bridgehead atoms. The van der Waals surface area contributed by atoms with E-state index in [1.165, 1.54) is 12.8 Å². The van der Waals surface area contributed by atoms with Crippen LogP contribution in [0, 0.1) is 17.8 Å². The minimum atomic E-state index is -0.437. The molecule has 5 rings (SSSR count). The number of fused-ring (bicyclic) bond motifs is 3. The van der Waals surface area contributed by atoms with Crippen LogP contribution < -0.4 is 10.1 Å². The molecular formula is C20H23NO3. The number of amides is 1. The molecule has 1 amide bonds. The lowest BCUT2D eigenvalue weighted by molar-refractivity contribution is -0.124. The van der Waals surface area contributed by atoms with E-state index in [0.29, 0.717) is 29.7 Å². The van der Waals surface area contributed by atoms with Gasteiger partial charge in [0.15, 0.2) is 5.78 Å². The maximum atomic E-state index is 12.7. The summed E-state index contributed by atoms with van der Waals surface area (Å²) in [4.78, 5) is 25.3. The first kappa shape index (κ1) is 14.5. The van der Waals surface area contributed by atoms with E-state index >= 15 is 0 Å². The fourth-order valence-electron chi connectivity index (χ4n) is 5.49. The Kier molecular flexibility index (Phi) is 3.07. The second-order valence-electron chi connectivity index (χ2n) is 8.01. The number of rotatable bonds is 2. The molecule has 0 radical (unpaired) electrons. The summed E-state index contributed by atoms with van der Waals surface area (Å²) < 4.78 is 6.35. The minimum absolute atomic E-state index is 0.0532. The molecule has 1 spiro atoms. The summed E-state index contributed by atoms with van der Waals surface area (Å²) in [5.74, 6) is 1.75. The van der Waals surface area contributed by atoms with Crippen LogP contribution in [0.15, 0.2) is 24.3 Å². The number of benzene rings is 1. The van der Waals surface area contributed by atoms with Crippen LogP contribution in [0.3, 0.4) is 0 Å². The highest BCUT2D eigenvalue weighted by Crippen LogP contribution is 2.65. The summed E-state index contributed by atoms with van der Waals surface area (Å²) in [7, 11) is 0. The number of ether oxygens (including phenoxy) is 1. The van der Waals surface area contributed by atoms with Crippen LogP contribution in [0.4, 0.5) is 0 Å². The molecule has 24 heavy (non-hydrogen) atoms. The predicted molar refractivity (Wildman–Crippen MR) is 88.9 cm³/mol. The molecular weight excluding hydrogens is 302 g/mol. The minimum Gasteiger partial charge on any atom is -0.486 e. The summed E-state index contributed by atoms with van der Waals surface area (Å²) in [6.07, 6.45) is 7.00. The highest BCUT2D eigenvalue weighted by molar-refractivity contribution is 6.00. The molecule has 3 saturated carbocycles. The lowest BCUT2D eigenvalue weighted by Crippen LogP contribution is -2.45. The summed E-state index contributed by atoms with van der Waals surface area (Å²) in [6.45, 7) is 0. The molecule has 0 saturated heterocycles. The van der Waals surface area contributed by atoms with Gasteiger partial charge in [-0.15, -0.1) is 0 Å². The van der Waals surface area contributed by atoms with Gasteiger partial charge in [-0.3, -0.25) is 9.59 Å². The average molecular weight is 325 g/mol. The molecule has 3 fully saturated rings. The van der Waals surface area contributed by atoms with Gasteiger partial charge < -0.3 is 10.1 Å². The van der Waals surface area contributed by atoms with Crippen molar-refractivity contribution in [2.24, 2.45) is 17.8 Å². The van der Waals surface area contributed by atoms with E-state index in [2.05, 4.69) is 5.32 Å². The highest BCUT2D eigenvalue weighted by atomic mass is 16.5. The van der Waals surface area contributed by atoms with Gasteiger partial charge in [-0.1, -0.05) is 25.0 Å². The van der Waals surface area contributed by atoms with Crippen molar-refractivity contribution in [1.29, 1.82) is 0 Å². The van der Waals surface area contributed by atoms with Gasteiger partial charge in [-0.2, -0.15) is 0 Å². The standard InChI is InChI=1S/C20H23NO3/c22-15-11-20(24-16-8-4-3-7-13(15)16)10-9-14-17(18(14)20)19(23)21-12-5-1-2-6-12/h3-4,7-8,12,14,17-18H,1-2,5-6,9-11H2,(H,21,23)/t14-,17+,18-,20+/m1/s1. The zero-order valence-corrected chi connectivity index (χ0v) is 13.8. The maximum absolute atomic E-state index is 12.7. The summed E-state index contributed by atoms with van der Waals surface area (Å²) in [5.41, 5.74) is 0.257. The van der Waals surface area contributed by atoms with E-state index < -0.39 is 5.60 Å². The molecule has 4 heteroatoms. The number of ketones is 1. The average Bonchev–Trinajstić information content (AvgIpc) is 2.91. The van der Waals surface area contributed by atoms with E-state index in [0.717, 1.165) is 25.7 Å². The molecule has 1 heterocycles. The molecule has 3 aliphatic carbocycles. The van der Waals surface area contributed by atoms with Gasteiger partial charge in [0.25, 0.3) is 0 Å². The largest absolute Gasteiger partial charge is 0.486 e. The Bertz CT molecular complexity index is 709. The maximum Gasteiger partial charge on any atom is 0.224 e. The SMILES string of the molecule is O=C1C[C@]2(CC[C@@H]3[C@H](C(=O)NC4CCCC4)[C@@H]32)Oc2ccccc21. The van der Waals surface area contributed by atoms with Gasteiger partial charge in [0.2, 0.25) is 5.91 Å². The first-order chi connectivity index (χ1) is 11.7. The van der Waals surface area contributed by atoms with Crippen molar-refractivity contribution in [3.8, 4) is 5.75 Å². The molecule has 4 aliphatic rings. The first-order valence-corrected chi connectivity index (χ1v) is 9.30. The molecule has 0 aromatic heterocycles. The van der Waals surface area contributed by atoms with Crippen molar-refractivity contribution in [1.82, 2.24) is 5.32 Å². The lowest BCUT2D eigenvalue weighted by atomic mass is 9.84. The number of carbonyl (C=O) groups is 2. The van der Waals surface area contributed by atoms with Crippen LogP contribution >= 0.6 is 0 Å². The van der Waals surface area contributed by atoms with Crippen LogP contribution in [-0.4, -0.2) is 23.3 Å². The molecule has 1 N–H and O–H groups in total. The number of hydrogen-bond donors (Lipinski definition) is 1. The van der Waals surface area contributed by atoms with Crippen LogP contribution in [0.25, 0.3) is 0 Å². The molecule has 1 aliphatic heterocycles. The Morgan fingerprint density at radius 3 is 2.79 bits per heavy atom. The van der Waals surface area contributed by atoms with Gasteiger partial charge in [-0.25, -0.2) is 0 Å². The summed E-state index contributed by atoms with van der Waals surface area (Å²) in [5, 5.41) is 3.24. The Morgan fingerprint density at radius 2 is 1.96 bits per heavy atom. The van der Waals surface area contributed by atoms with Gasteiger partial charge >= 0.3 is 0 Å². The van der Waals surface area contributed by atoms with Gasteiger partial charge in [-0.05, 0) is 43.7 Å². The molecule has 4 nitrogen and oxygen atoms in total. The summed E-state index contributed by atoms with van der Waals surface area (Å²) >= 11 is 0. The van der Waals surface area contributed by atoms with E-state index in [1.54, 1.807) is 0 Å². The second kappa shape index (κ2) is 5.08. The van der Waals surface area contributed by atoms with E-state index in [4.69, 9.17) is 4.74 Å². The van der Waals surface area contributed by atoms with Crippen molar-refractivity contribution in [3.05, 3.63) is 29.8 Å². The smallest absolute Gasteiger partial charge is 0.224 e. The van der Waals surface area contributed by atoms with Gasteiger partial charge in [0.05, 0.1) is 12.0 Å². The lowest BCUT2D eigenvalue weighted by Gasteiger charge is -2.37. The van der Waals surface area contributed by atoms with Crippen LogP contribution in [0.5, 0.6) is 5.75 Å². The van der Waals surface area contributed by atoms with Crippen molar-refractivity contribution >= 4 is 11.7 Å². The van der Waals surface area contributed by atoms with Crippen molar-refractivity contribution in [3.63, 3.8) is 0 Å². The molecule has 1 aromatic carbocycles. The van der Waals surface area contributed by atoms with Crippen molar-refractivity contribution < 1.29 is 14.3 Å². The number of hydrogen-bond acceptors (Lipinski definition) is 3. The number of para-hydroxylation sites is 1. The van der Waals surface area contributed by atoms with E-state index in [9.17, 15) is 9.59 Å². The molecule has 0 unspecified atom stereocenters. The molecule has 1 aromatic rings. The zero-order valence-electron chi connectivity index (χ0n) is 13.8. The fraction of sp³-hybridized carbons (Fsp3) is 0.600. The van der Waals surface area contributed by atoms with Crippen LogP contribution in [0.2, 0.25) is 0 Å². The van der Waals surface area contributed by atoms with Crippen LogP contribution in [-0.2, 0) is 4.79 Å². The Morgan fingerprint density at radius 1 is 1.17 bits per heavy atom. The zero-order chi connectivity index (χ0) is 16.3. The van der Waals surface area contributed by atoms with Gasteiger partial charge in [0, 0.05) is 17.9 Å². The number of Topliss-reactive ketones (excluding diaryl/α,β-unsaturated/α-hetero) is 1.